The van der Waals surface area contributed by atoms with Gasteiger partial charge in [0.2, 0.25) is 5.91 Å². The van der Waals surface area contributed by atoms with Gasteiger partial charge in [0.05, 0.1) is 17.2 Å². The molecule has 0 spiro atoms. The number of anilines is 1. The zero-order chi connectivity index (χ0) is 13.1. The predicted molar refractivity (Wildman–Crippen MR) is 73.0 cm³/mol. The van der Waals surface area contributed by atoms with E-state index in [1.807, 2.05) is 12.1 Å². The molecule has 1 aromatic rings. The number of amides is 1. The molecule has 1 aliphatic heterocycles. The topological polar surface area (TPSA) is 70.1 Å². The van der Waals surface area contributed by atoms with Gasteiger partial charge >= 0.3 is 0 Å². The van der Waals surface area contributed by atoms with E-state index in [0.29, 0.717) is 12.1 Å². The second kappa shape index (κ2) is 5.40. The molecule has 0 saturated carbocycles. The van der Waals surface area contributed by atoms with Crippen molar-refractivity contribution in [1.29, 1.82) is 5.26 Å². The molecule has 1 amide bonds. The van der Waals surface area contributed by atoms with E-state index in [4.69, 9.17) is 11.0 Å². The molecule has 0 aliphatic carbocycles. The van der Waals surface area contributed by atoms with E-state index in [2.05, 4.69) is 26.9 Å². The molecule has 1 heterocycles. The smallest absolute Gasteiger partial charge is 0.222 e. The van der Waals surface area contributed by atoms with Crippen LogP contribution >= 0.6 is 15.9 Å². The number of halogens is 1. The minimum atomic E-state index is -0.256. The zero-order valence-corrected chi connectivity index (χ0v) is 11.5. The van der Waals surface area contributed by atoms with Crippen molar-refractivity contribution in [2.24, 2.45) is 11.7 Å². The van der Waals surface area contributed by atoms with Gasteiger partial charge in [0.25, 0.3) is 0 Å². The second-order valence-corrected chi connectivity index (χ2v) is 5.38. The SMILES string of the molecule is N#Cc1ccc(Br)cc1N1CCCC(C(N)=O)C1. The van der Waals surface area contributed by atoms with Crippen molar-refractivity contribution in [3.05, 3.63) is 28.2 Å². The molecule has 1 aromatic carbocycles. The van der Waals surface area contributed by atoms with E-state index in [-0.39, 0.29) is 11.8 Å². The van der Waals surface area contributed by atoms with Crippen molar-refractivity contribution < 1.29 is 4.79 Å². The number of nitriles is 1. The summed E-state index contributed by atoms with van der Waals surface area (Å²) in [6, 6.07) is 7.73. The first kappa shape index (κ1) is 12.9. The average molecular weight is 308 g/mol. The van der Waals surface area contributed by atoms with Crippen LogP contribution in [0.4, 0.5) is 5.69 Å². The van der Waals surface area contributed by atoms with Crippen LogP contribution < -0.4 is 10.6 Å². The van der Waals surface area contributed by atoms with Gasteiger partial charge in [0.1, 0.15) is 6.07 Å². The van der Waals surface area contributed by atoms with Gasteiger partial charge in [-0.25, -0.2) is 0 Å². The monoisotopic (exact) mass is 307 g/mol. The lowest BCUT2D eigenvalue weighted by molar-refractivity contribution is -0.122. The first-order chi connectivity index (χ1) is 8.61. The molecule has 1 unspecified atom stereocenters. The fourth-order valence-corrected chi connectivity index (χ4v) is 2.64. The third kappa shape index (κ3) is 2.65. The van der Waals surface area contributed by atoms with Crippen LogP contribution in [0.25, 0.3) is 0 Å². The third-order valence-electron chi connectivity index (χ3n) is 3.24. The number of nitrogens with two attached hydrogens (primary N) is 1. The normalized spacial score (nSPS) is 19.3. The van der Waals surface area contributed by atoms with E-state index in [1.54, 1.807) is 6.07 Å². The van der Waals surface area contributed by atoms with Crippen LogP contribution in [0.15, 0.2) is 22.7 Å². The molecule has 0 aromatic heterocycles. The Morgan fingerprint density at radius 3 is 3.00 bits per heavy atom. The lowest BCUT2D eigenvalue weighted by Crippen LogP contribution is -2.41. The Hall–Kier alpha value is -1.54. The van der Waals surface area contributed by atoms with Crippen molar-refractivity contribution in [1.82, 2.24) is 0 Å². The molecule has 1 fully saturated rings. The molecule has 1 aliphatic rings. The average Bonchev–Trinajstić information content (AvgIpc) is 2.39. The maximum Gasteiger partial charge on any atom is 0.222 e. The zero-order valence-electron chi connectivity index (χ0n) is 9.90. The molecule has 1 atom stereocenters. The summed E-state index contributed by atoms with van der Waals surface area (Å²) in [7, 11) is 0. The summed E-state index contributed by atoms with van der Waals surface area (Å²) in [6.45, 7) is 1.45. The van der Waals surface area contributed by atoms with Crippen molar-refractivity contribution in [2.75, 3.05) is 18.0 Å². The van der Waals surface area contributed by atoms with Gasteiger partial charge in [0.15, 0.2) is 0 Å². The molecule has 18 heavy (non-hydrogen) atoms. The minimum absolute atomic E-state index is 0.121. The number of rotatable bonds is 2. The van der Waals surface area contributed by atoms with Crippen molar-refractivity contribution in [3.63, 3.8) is 0 Å². The van der Waals surface area contributed by atoms with Gasteiger partial charge in [-0.1, -0.05) is 15.9 Å². The fourth-order valence-electron chi connectivity index (χ4n) is 2.29. The van der Waals surface area contributed by atoms with E-state index in [0.717, 1.165) is 29.5 Å². The Morgan fingerprint density at radius 2 is 2.33 bits per heavy atom. The Bertz CT molecular complexity index is 509. The van der Waals surface area contributed by atoms with Crippen LogP contribution in [0.5, 0.6) is 0 Å². The number of primary amides is 1. The number of piperidine rings is 1. The summed E-state index contributed by atoms with van der Waals surface area (Å²) in [5.74, 6) is -0.377. The maximum atomic E-state index is 11.3. The first-order valence-electron chi connectivity index (χ1n) is 5.85. The number of hydrogen-bond donors (Lipinski definition) is 1. The highest BCUT2D eigenvalue weighted by atomic mass is 79.9. The molecular weight excluding hydrogens is 294 g/mol. The van der Waals surface area contributed by atoms with Crippen molar-refractivity contribution >= 4 is 27.5 Å². The Labute approximate surface area is 115 Å². The molecule has 2 N–H and O–H groups in total. The molecule has 2 rings (SSSR count). The highest BCUT2D eigenvalue weighted by Crippen LogP contribution is 2.28. The highest BCUT2D eigenvalue weighted by molar-refractivity contribution is 9.10. The number of hydrogen-bond acceptors (Lipinski definition) is 3. The molecule has 4 nitrogen and oxygen atoms in total. The van der Waals surface area contributed by atoms with Crippen LogP contribution in [0.1, 0.15) is 18.4 Å². The molecule has 0 radical (unpaired) electrons. The Balaban J connectivity index is 2.28. The summed E-state index contributed by atoms with van der Waals surface area (Å²) in [5.41, 5.74) is 6.87. The van der Waals surface area contributed by atoms with Gasteiger partial charge in [0, 0.05) is 17.6 Å². The van der Waals surface area contributed by atoms with Gasteiger partial charge in [-0.2, -0.15) is 5.26 Å². The quantitative estimate of drug-likeness (QED) is 0.908. The molecule has 5 heteroatoms. The lowest BCUT2D eigenvalue weighted by atomic mass is 9.96. The van der Waals surface area contributed by atoms with Crippen LogP contribution in [-0.2, 0) is 4.79 Å². The van der Waals surface area contributed by atoms with Crippen LogP contribution in [-0.4, -0.2) is 19.0 Å². The molecule has 0 bridgehead atoms. The van der Waals surface area contributed by atoms with Gasteiger partial charge < -0.3 is 10.6 Å². The molecule has 94 valence electrons. The van der Waals surface area contributed by atoms with Crippen molar-refractivity contribution in [2.45, 2.75) is 12.8 Å². The lowest BCUT2D eigenvalue weighted by Gasteiger charge is -2.33. The van der Waals surface area contributed by atoms with E-state index < -0.39 is 0 Å². The standard InChI is InChI=1S/C13H14BrN3O/c14-11-4-3-9(7-15)12(6-11)17-5-1-2-10(8-17)13(16)18/h3-4,6,10H,1-2,5,8H2,(H2,16,18). The molecule has 1 saturated heterocycles. The number of nitrogens with zero attached hydrogens (tertiary/aromatic N) is 2. The molecular formula is C13H14BrN3O. The third-order valence-corrected chi connectivity index (χ3v) is 3.74. The van der Waals surface area contributed by atoms with E-state index in [1.165, 1.54) is 0 Å². The van der Waals surface area contributed by atoms with E-state index in [9.17, 15) is 4.79 Å². The van der Waals surface area contributed by atoms with Gasteiger partial charge in [-0.3, -0.25) is 4.79 Å². The first-order valence-corrected chi connectivity index (χ1v) is 6.65. The largest absolute Gasteiger partial charge is 0.370 e. The van der Waals surface area contributed by atoms with Crippen molar-refractivity contribution in [3.8, 4) is 6.07 Å². The predicted octanol–water partition coefficient (Wildman–Crippen LogP) is 2.02. The van der Waals surface area contributed by atoms with Crippen LogP contribution in [0.3, 0.4) is 0 Å². The Kier molecular flexibility index (Phi) is 3.87. The van der Waals surface area contributed by atoms with Crippen LogP contribution in [0.2, 0.25) is 0 Å². The summed E-state index contributed by atoms with van der Waals surface area (Å²) >= 11 is 3.41. The van der Waals surface area contributed by atoms with Gasteiger partial charge in [-0.15, -0.1) is 0 Å². The van der Waals surface area contributed by atoms with Gasteiger partial charge in [-0.05, 0) is 31.0 Å². The number of carbonyl (C=O) groups is 1. The Morgan fingerprint density at radius 1 is 1.56 bits per heavy atom. The fraction of sp³-hybridized carbons (Fsp3) is 0.385. The summed E-state index contributed by atoms with van der Waals surface area (Å²) in [4.78, 5) is 13.3. The maximum absolute atomic E-state index is 11.3. The summed E-state index contributed by atoms with van der Waals surface area (Å²) in [6.07, 6.45) is 1.76. The number of benzene rings is 1. The number of carbonyl (C=O) groups excluding carboxylic acids is 1. The van der Waals surface area contributed by atoms with Crippen LogP contribution in [0, 0.1) is 17.2 Å². The summed E-state index contributed by atoms with van der Waals surface area (Å²) < 4.78 is 0.928. The second-order valence-electron chi connectivity index (χ2n) is 4.46. The van der Waals surface area contributed by atoms with E-state index >= 15 is 0 Å². The minimum Gasteiger partial charge on any atom is -0.370 e. The summed E-state index contributed by atoms with van der Waals surface area (Å²) in [5, 5.41) is 9.13. The highest BCUT2D eigenvalue weighted by Gasteiger charge is 2.25.